The zero-order valence-corrected chi connectivity index (χ0v) is 15.4. The zero-order chi connectivity index (χ0) is 17.4. The number of carbonyl (C=O) groups excluding carboxylic acids is 2. The zero-order valence-electron chi connectivity index (χ0n) is 15.4. The average molecular weight is 338 g/mol. The van der Waals surface area contributed by atoms with E-state index in [2.05, 4.69) is 22.5 Å². The highest BCUT2D eigenvalue weighted by Crippen LogP contribution is 2.17. The van der Waals surface area contributed by atoms with Gasteiger partial charge >= 0.3 is 6.03 Å². The van der Waals surface area contributed by atoms with Gasteiger partial charge in [-0.1, -0.05) is 6.92 Å². The summed E-state index contributed by atoms with van der Waals surface area (Å²) in [5, 5.41) is 6.07. The maximum absolute atomic E-state index is 12.3. The Morgan fingerprint density at radius 2 is 1.79 bits per heavy atom. The molecule has 0 aliphatic carbocycles. The minimum atomic E-state index is 0.00817. The van der Waals surface area contributed by atoms with Crippen LogP contribution in [0, 0.1) is 5.92 Å². The molecule has 2 fully saturated rings. The second kappa shape index (κ2) is 9.87. The predicted molar refractivity (Wildman–Crippen MR) is 95.9 cm³/mol. The molecule has 6 heteroatoms. The summed E-state index contributed by atoms with van der Waals surface area (Å²) in [6, 6.07) is 0.211. The SMILES string of the molecule is CC[C@H](C)NC(=O)N1CCC(C(=O)NCCCN2CCCC2)CC1. The Hall–Kier alpha value is -1.30. The van der Waals surface area contributed by atoms with E-state index in [1.807, 2.05) is 11.8 Å². The van der Waals surface area contributed by atoms with Crippen LogP contribution in [0.4, 0.5) is 4.79 Å². The van der Waals surface area contributed by atoms with E-state index < -0.39 is 0 Å². The second-order valence-corrected chi connectivity index (χ2v) is 7.21. The molecule has 2 aliphatic rings. The smallest absolute Gasteiger partial charge is 0.317 e. The highest BCUT2D eigenvalue weighted by atomic mass is 16.2. The molecule has 0 spiro atoms. The van der Waals surface area contributed by atoms with Gasteiger partial charge in [0.05, 0.1) is 0 Å². The molecule has 2 heterocycles. The Balaban J connectivity index is 1.58. The van der Waals surface area contributed by atoms with Crippen LogP contribution in [-0.2, 0) is 4.79 Å². The maximum Gasteiger partial charge on any atom is 0.317 e. The molecule has 0 unspecified atom stereocenters. The Labute approximate surface area is 146 Å². The van der Waals surface area contributed by atoms with Gasteiger partial charge in [-0.25, -0.2) is 4.79 Å². The molecule has 0 radical (unpaired) electrons. The number of urea groups is 1. The van der Waals surface area contributed by atoms with Crippen molar-refractivity contribution in [3.05, 3.63) is 0 Å². The minimum Gasteiger partial charge on any atom is -0.356 e. The van der Waals surface area contributed by atoms with Crippen molar-refractivity contribution in [3.63, 3.8) is 0 Å². The molecule has 138 valence electrons. The van der Waals surface area contributed by atoms with Crippen molar-refractivity contribution >= 4 is 11.9 Å². The molecule has 0 saturated carbocycles. The molecule has 2 N–H and O–H groups in total. The van der Waals surface area contributed by atoms with Gasteiger partial charge in [0.2, 0.25) is 5.91 Å². The summed E-state index contributed by atoms with van der Waals surface area (Å²) in [5.74, 6) is 0.225. The van der Waals surface area contributed by atoms with Crippen LogP contribution in [0.25, 0.3) is 0 Å². The van der Waals surface area contributed by atoms with Crippen LogP contribution in [0.2, 0.25) is 0 Å². The van der Waals surface area contributed by atoms with E-state index in [-0.39, 0.29) is 23.9 Å². The fourth-order valence-corrected chi connectivity index (χ4v) is 3.41. The molecule has 2 aliphatic heterocycles. The number of piperidine rings is 1. The van der Waals surface area contributed by atoms with E-state index in [0.717, 1.165) is 38.8 Å². The molecular weight excluding hydrogens is 304 g/mol. The summed E-state index contributed by atoms with van der Waals surface area (Å²) in [7, 11) is 0. The molecule has 6 nitrogen and oxygen atoms in total. The number of carbonyl (C=O) groups is 2. The number of likely N-dealkylation sites (tertiary alicyclic amines) is 2. The van der Waals surface area contributed by atoms with Gasteiger partial charge in [-0.2, -0.15) is 0 Å². The summed E-state index contributed by atoms with van der Waals surface area (Å²) >= 11 is 0. The molecule has 3 amide bonds. The van der Waals surface area contributed by atoms with Crippen LogP contribution in [-0.4, -0.2) is 67.0 Å². The lowest BCUT2D eigenvalue weighted by Gasteiger charge is -2.32. The van der Waals surface area contributed by atoms with E-state index in [1.165, 1.54) is 25.9 Å². The molecule has 2 rings (SSSR count). The van der Waals surface area contributed by atoms with Gasteiger partial charge in [-0.05, 0) is 65.1 Å². The van der Waals surface area contributed by atoms with Gasteiger partial charge in [0.25, 0.3) is 0 Å². The monoisotopic (exact) mass is 338 g/mol. The van der Waals surface area contributed by atoms with Gasteiger partial charge in [-0.3, -0.25) is 4.79 Å². The largest absolute Gasteiger partial charge is 0.356 e. The Morgan fingerprint density at radius 1 is 1.12 bits per heavy atom. The van der Waals surface area contributed by atoms with Gasteiger partial charge < -0.3 is 20.4 Å². The standard InChI is InChI=1S/C18H34N4O2/c1-3-15(2)20-18(24)22-13-7-16(8-14-22)17(23)19-9-6-12-21-10-4-5-11-21/h15-16H,3-14H2,1-2H3,(H,19,23)(H,20,24)/t15-/m0/s1. The summed E-state index contributed by atoms with van der Waals surface area (Å²) in [6.07, 6.45) is 6.13. The summed E-state index contributed by atoms with van der Waals surface area (Å²) in [4.78, 5) is 28.7. The van der Waals surface area contributed by atoms with E-state index in [4.69, 9.17) is 0 Å². The topological polar surface area (TPSA) is 64.7 Å². The molecule has 0 aromatic rings. The first kappa shape index (κ1) is 19.0. The number of nitrogens with one attached hydrogen (secondary N) is 2. The van der Waals surface area contributed by atoms with Crippen LogP contribution < -0.4 is 10.6 Å². The number of rotatable bonds is 7. The summed E-state index contributed by atoms with van der Waals surface area (Å²) in [5.41, 5.74) is 0. The second-order valence-electron chi connectivity index (χ2n) is 7.21. The number of nitrogens with zero attached hydrogens (tertiary/aromatic N) is 2. The number of amides is 3. The van der Waals surface area contributed by atoms with Gasteiger partial charge in [0.1, 0.15) is 0 Å². The van der Waals surface area contributed by atoms with Gasteiger partial charge in [0.15, 0.2) is 0 Å². The summed E-state index contributed by atoms with van der Waals surface area (Å²) in [6.45, 7) is 9.71. The van der Waals surface area contributed by atoms with Crippen molar-refractivity contribution in [2.75, 3.05) is 39.3 Å². The van der Waals surface area contributed by atoms with Crippen molar-refractivity contribution in [2.24, 2.45) is 5.92 Å². The lowest BCUT2D eigenvalue weighted by Crippen LogP contribution is -2.48. The first-order valence-electron chi connectivity index (χ1n) is 9.65. The first-order valence-corrected chi connectivity index (χ1v) is 9.65. The number of hydrogen-bond acceptors (Lipinski definition) is 3. The van der Waals surface area contributed by atoms with Crippen LogP contribution in [0.1, 0.15) is 52.4 Å². The Kier molecular flexibility index (Phi) is 7.82. The molecule has 0 aromatic carbocycles. The van der Waals surface area contributed by atoms with E-state index >= 15 is 0 Å². The third-order valence-electron chi connectivity index (χ3n) is 5.28. The lowest BCUT2D eigenvalue weighted by atomic mass is 9.96. The predicted octanol–water partition coefficient (Wildman–Crippen LogP) is 1.81. The van der Waals surface area contributed by atoms with E-state index in [0.29, 0.717) is 13.1 Å². The highest BCUT2D eigenvalue weighted by molar-refractivity contribution is 5.79. The average Bonchev–Trinajstić information content (AvgIpc) is 3.12. The van der Waals surface area contributed by atoms with Crippen LogP contribution in [0.3, 0.4) is 0 Å². The first-order chi connectivity index (χ1) is 11.6. The van der Waals surface area contributed by atoms with Crippen LogP contribution >= 0.6 is 0 Å². The van der Waals surface area contributed by atoms with Gasteiger partial charge in [0, 0.05) is 31.6 Å². The minimum absolute atomic E-state index is 0.00817. The van der Waals surface area contributed by atoms with Crippen LogP contribution in [0.15, 0.2) is 0 Å². The molecular formula is C18H34N4O2. The summed E-state index contributed by atoms with van der Waals surface area (Å²) < 4.78 is 0. The third kappa shape index (κ3) is 5.96. The van der Waals surface area contributed by atoms with Crippen molar-refractivity contribution in [3.8, 4) is 0 Å². The molecule has 24 heavy (non-hydrogen) atoms. The van der Waals surface area contributed by atoms with Crippen LogP contribution in [0.5, 0.6) is 0 Å². The normalized spacial score (nSPS) is 20.8. The third-order valence-corrected chi connectivity index (χ3v) is 5.28. The van der Waals surface area contributed by atoms with Crippen molar-refractivity contribution in [1.82, 2.24) is 20.4 Å². The van der Waals surface area contributed by atoms with Gasteiger partial charge in [-0.15, -0.1) is 0 Å². The van der Waals surface area contributed by atoms with Crippen molar-refractivity contribution in [2.45, 2.75) is 58.4 Å². The lowest BCUT2D eigenvalue weighted by molar-refractivity contribution is -0.126. The Morgan fingerprint density at radius 3 is 2.42 bits per heavy atom. The molecule has 0 aromatic heterocycles. The quantitative estimate of drug-likeness (QED) is 0.696. The van der Waals surface area contributed by atoms with E-state index in [9.17, 15) is 9.59 Å². The fraction of sp³-hybridized carbons (Fsp3) is 0.889. The fourth-order valence-electron chi connectivity index (χ4n) is 3.41. The van der Waals surface area contributed by atoms with E-state index in [1.54, 1.807) is 0 Å². The van der Waals surface area contributed by atoms with Crippen molar-refractivity contribution < 1.29 is 9.59 Å². The molecule has 0 bridgehead atoms. The van der Waals surface area contributed by atoms with Crippen molar-refractivity contribution in [1.29, 1.82) is 0 Å². The maximum atomic E-state index is 12.3. The number of hydrogen-bond donors (Lipinski definition) is 2. The molecule has 1 atom stereocenters. The Bertz CT molecular complexity index is 402. The molecule has 2 saturated heterocycles. The highest BCUT2D eigenvalue weighted by Gasteiger charge is 2.27.